The van der Waals surface area contributed by atoms with E-state index in [1.807, 2.05) is 0 Å². The van der Waals surface area contributed by atoms with Crippen LogP contribution in [0.1, 0.15) is 105 Å². The molecule has 42 heavy (non-hydrogen) atoms. The average Bonchev–Trinajstić information content (AvgIpc) is 3.41. The van der Waals surface area contributed by atoms with Crippen LogP contribution in [0.5, 0.6) is 0 Å². The van der Waals surface area contributed by atoms with Crippen LogP contribution in [0.3, 0.4) is 0 Å². The van der Waals surface area contributed by atoms with Crippen molar-refractivity contribution in [3.8, 4) is 0 Å². The highest BCUT2D eigenvalue weighted by Crippen LogP contribution is 2.67. The lowest BCUT2D eigenvalue weighted by Gasteiger charge is -2.56. The van der Waals surface area contributed by atoms with Gasteiger partial charge in [0.2, 0.25) is 0 Å². The highest BCUT2D eigenvalue weighted by molar-refractivity contribution is 5.66. The Bertz CT molecular complexity index is 1250. The van der Waals surface area contributed by atoms with E-state index in [1.165, 1.54) is 64.2 Å². The Morgan fingerprint density at radius 2 is 1.57 bits per heavy atom. The summed E-state index contributed by atoms with van der Waals surface area (Å²) in [5.74, 6) is 6.75. The van der Waals surface area contributed by atoms with Crippen LogP contribution in [0.2, 0.25) is 0 Å². The van der Waals surface area contributed by atoms with Gasteiger partial charge < -0.3 is 9.84 Å². The molecule has 0 radical (unpaired) electrons. The fourth-order valence-corrected chi connectivity index (χ4v) is 13.3. The Labute approximate surface area is 254 Å². The molecule has 0 saturated heterocycles. The minimum Gasteiger partial charge on any atom is -0.462 e. The van der Waals surface area contributed by atoms with E-state index in [0.29, 0.717) is 29.6 Å². The second-order valence-electron chi connectivity index (χ2n) is 16.9. The van der Waals surface area contributed by atoms with Gasteiger partial charge in [0.15, 0.2) is 0 Å². The molecule has 14 unspecified atom stereocenters. The summed E-state index contributed by atoms with van der Waals surface area (Å²) in [7, 11) is 0. The smallest absolute Gasteiger partial charge is 0.302 e. The lowest BCUT2D eigenvalue weighted by molar-refractivity contribution is -0.155. The molecule has 4 saturated carbocycles. The van der Waals surface area contributed by atoms with Gasteiger partial charge >= 0.3 is 5.97 Å². The minimum absolute atomic E-state index is 0.0585. The molecule has 3 nitrogen and oxygen atoms in total. The lowest BCUT2D eigenvalue weighted by atomic mass is 9.49. The number of hydrogen-bond acceptors (Lipinski definition) is 3. The molecule has 8 aliphatic carbocycles. The second kappa shape index (κ2) is 9.69. The Balaban J connectivity index is 1.10. The van der Waals surface area contributed by atoms with E-state index < -0.39 is 5.60 Å². The molecule has 0 amide bonds. The zero-order valence-corrected chi connectivity index (χ0v) is 26.6. The molecule has 0 aromatic heterocycles. The second-order valence-corrected chi connectivity index (χ2v) is 16.9. The molecular weight excluding hydrogens is 516 g/mol. The van der Waals surface area contributed by atoms with Crippen LogP contribution >= 0.6 is 0 Å². The molecule has 3 heteroatoms. The van der Waals surface area contributed by atoms with Gasteiger partial charge in [-0.05, 0) is 160 Å². The van der Waals surface area contributed by atoms with Crippen molar-refractivity contribution in [3.05, 3.63) is 47.6 Å². The van der Waals surface area contributed by atoms with Gasteiger partial charge in [-0.3, -0.25) is 4.79 Å². The molecule has 0 bridgehead atoms. The summed E-state index contributed by atoms with van der Waals surface area (Å²) in [6.45, 7) is 8.66. The Morgan fingerprint density at radius 3 is 2.38 bits per heavy atom. The van der Waals surface area contributed by atoms with Crippen molar-refractivity contribution in [2.75, 3.05) is 0 Å². The van der Waals surface area contributed by atoms with Crippen molar-refractivity contribution < 1.29 is 14.6 Å². The standard InChI is InChI=1S/C39H54O3/c1-23(40)42-35-22-33(36-31-14-12-24-7-5-6-8-27(24)28(31)15-18-37(35,36)2)26-10-9-25-11-13-30-29(32(25)21-26)16-19-38(3)34(30)17-20-39(38,4)41/h5,7,9-12,26-36,41H,6,8,13-22H2,1-4H3. The summed E-state index contributed by atoms with van der Waals surface area (Å²) in [6, 6.07) is 0. The number of hydrogen-bond donors (Lipinski definition) is 1. The van der Waals surface area contributed by atoms with Crippen LogP contribution in [-0.4, -0.2) is 22.8 Å². The van der Waals surface area contributed by atoms with E-state index in [-0.39, 0.29) is 22.9 Å². The van der Waals surface area contributed by atoms with Gasteiger partial charge in [-0.25, -0.2) is 0 Å². The number of aliphatic hydroxyl groups is 1. The maximum atomic E-state index is 12.4. The number of carbonyl (C=O) groups excluding carboxylic acids is 1. The molecule has 0 aromatic rings. The molecule has 1 N–H and O–H groups in total. The van der Waals surface area contributed by atoms with Gasteiger partial charge in [0.05, 0.1) is 5.60 Å². The predicted molar refractivity (Wildman–Crippen MR) is 167 cm³/mol. The SMILES string of the molecule is CC(=O)OC1CC(C2C=CC3=CCC4C(CCC5(C)C4CCC5(C)O)C3C2)C2C3CC=C4C=CCCC4C3CCC12C. The number of allylic oxidation sites excluding steroid dienone is 8. The minimum atomic E-state index is -0.512. The van der Waals surface area contributed by atoms with Crippen molar-refractivity contribution in [1.29, 1.82) is 0 Å². The number of ether oxygens (including phenoxy) is 1. The maximum Gasteiger partial charge on any atom is 0.302 e. The zero-order valence-electron chi connectivity index (χ0n) is 26.6. The highest BCUT2D eigenvalue weighted by atomic mass is 16.5. The van der Waals surface area contributed by atoms with Crippen molar-refractivity contribution in [2.45, 2.75) is 116 Å². The quantitative estimate of drug-likeness (QED) is 0.338. The van der Waals surface area contributed by atoms with E-state index >= 15 is 0 Å². The molecule has 4 fully saturated rings. The molecule has 0 heterocycles. The number of rotatable bonds is 2. The summed E-state index contributed by atoms with van der Waals surface area (Å²) >= 11 is 0. The zero-order chi connectivity index (χ0) is 29.0. The number of esters is 1. The van der Waals surface area contributed by atoms with Crippen LogP contribution < -0.4 is 0 Å². The van der Waals surface area contributed by atoms with E-state index in [0.717, 1.165) is 42.4 Å². The topological polar surface area (TPSA) is 46.5 Å². The third-order valence-corrected chi connectivity index (χ3v) is 15.5. The number of fused-ring (bicyclic) bond motifs is 10. The first-order valence-electron chi connectivity index (χ1n) is 17.8. The van der Waals surface area contributed by atoms with Crippen LogP contribution in [0.15, 0.2) is 47.6 Å². The van der Waals surface area contributed by atoms with Gasteiger partial charge in [0.25, 0.3) is 0 Å². The molecule has 14 atom stereocenters. The first kappa shape index (κ1) is 27.9. The molecule has 0 aromatic carbocycles. The summed E-state index contributed by atoms with van der Waals surface area (Å²) in [5.41, 5.74) is 2.88. The summed E-state index contributed by atoms with van der Waals surface area (Å²) in [4.78, 5) is 12.4. The van der Waals surface area contributed by atoms with Crippen molar-refractivity contribution >= 4 is 5.97 Å². The van der Waals surface area contributed by atoms with Crippen LogP contribution in [0.25, 0.3) is 0 Å². The van der Waals surface area contributed by atoms with Gasteiger partial charge in [-0.1, -0.05) is 50.3 Å². The molecule has 0 spiro atoms. The van der Waals surface area contributed by atoms with Crippen LogP contribution in [-0.2, 0) is 9.53 Å². The van der Waals surface area contributed by atoms with Crippen molar-refractivity contribution in [3.63, 3.8) is 0 Å². The van der Waals surface area contributed by atoms with Crippen LogP contribution in [0.4, 0.5) is 0 Å². The van der Waals surface area contributed by atoms with E-state index in [2.05, 4.69) is 57.2 Å². The monoisotopic (exact) mass is 570 g/mol. The van der Waals surface area contributed by atoms with E-state index in [4.69, 9.17) is 4.74 Å². The van der Waals surface area contributed by atoms with Gasteiger partial charge in [0.1, 0.15) is 6.10 Å². The molecule has 228 valence electrons. The third kappa shape index (κ3) is 3.89. The first-order chi connectivity index (χ1) is 20.1. The van der Waals surface area contributed by atoms with Crippen molar-refractivity contribution in [2.24, 2.45) is 70.0 Å². The third-order valence-electron chi connectivity index (χ3n) is 15.5. The summed E-state index contributed by atoms with van der Waals surface area (Å²) in [5, 5.41) is 11.4. The van der Waals surface area contributed by atoms with Crippen molar-refractivity contribution in [1.82, 2.24) is 0 Å². The first-order valence-corrected chi connectivity index (χ1v) is 17.8. The fourth-order valence-electron chi connectivity index (χ4n) is 13.3. The predicted octanol–water partition coefficient (Wildman–Crippen LogP) is 8.60. The summed E-state index contributed by atoms with van der Waals surface area (Å²) < 4.78 is 6.24. The van der Waals surface area contributed by atoms with Gasteiger partial charge in [-0.15, -0.1) is 0 Å². The number of carbonyl (C=O) groups is 1. The Kier molecular flexibility index (Phi) is 6.44. The summed E-state index contributed by atoms with van der Waals surface area (Å²) in [6.07, 6.45) is 29.6. The fraction of sp³-hybridized carbons (Fsp3) is 0.769. The molecule has 0 aliphatic heterocycles. The largest absolute Gasteiger partial charge is 0.462 e. The normalized spacial score (nSPS) is 53.9. The average molecular weight is 571 g/mol. The van der Waals surface area contributed by atoms with E-state index in [9.17, 15) is 9.90 Å². The van der Waals surface area contributed by atoms with Gasteiger partial charge in [-0.2, -0.15) is 0 Å². The maximum absolute atomic E-state index is 12.4. The molecular formula is C39H54O3. The Hall–Kier alpha value is -1.61. The van der Waals surface area contributed by atoms with Crippen LogP contribution in [0, 0.1) is 70.0 Å². The Morgan fingerprint density at radius 1 is 0.833 bits per heavy atom. The lowest BCUT2D eigenvalue weighted by Crippen LogP contribution is -2.51. The van der Waals surface area contributed by atoms with Gasteiger partial charge in [0, 0.05) is 12.3 Å². The van der Waals surface area contributed by atoms with E-state index in [1.54, 1.807) is 18.1 Å². The highest BCUT2D eigenvalue weighted by Gasteiger charge is 2.63. The molecule has 8 aliphatic rings. The molecule has 8 rings (SSSR count).